The molecular formula is C26H22. The third-order valence-corrected chi connectivity index (χ3v) is 4.99. The number of rotatable bonds is 3. The zero-order valence-corrected chi connectivity index (χ0v) is 15.2. The predicted molar refractivity (Wildman–Crippen MR) is 112 cm³/mol. The molecule has 0 saturated heterocycles. The van der Waals surface area contributed by atoms with E-state index in [1.165, 1.54) is 44.5 Å². The Morgan fingerprint density at radius 1 is 0.385 bits per heavy atom. The lowest BCUT2D eigenvalue weighted by atomic mass is 9.93. The lowest BCUT2D eigenvalue weighted by Crippen LogP contribution is -1.88. The van der Waals surface area contributed by atoms with Gasteiger partial charge in [0.05, 0.1) is 0 Å². The molecule has 0 unspecified atom stereocenters. The van der Waals surface area contributed by atoms with Gasteiger partial charge in [-0.2, -0.15) is 0 Å². The molecule has 0 N–H and O–H groups in total. The maximum Gasteiger partial charge on any atom is -0.0152 e. The van der Waals surface area contributed by atoms with Crippen LogP contribution >= 0.6 is 0 Å². The highest BCUT2D eigenvalue weighted by Crippen LogP contribution is 2.31. The van der Waals surface area contributed by atoms with Gasteiger partial charge in [-0.1, -0.05) is 97.1 Å². The highest BCUT2D eigenvalue weighted by Gasteiger charge is 2.07. The lowest BCUT2D eigenvalue weighted by Gasteiger charge is -2.12. The Balaban J connectivity index is 1.67. The molecule has 0 nitrogen and oxygen atoms in total. The van der Waals surface area contributed by atoms with E-state index in [9.17, 15) is 0 Å². The molecule has 0 aliphatic heterocycles. The van der Waals surface area contributed by atoms with E-state index in [2.05, 4.69) is 111 Å². The van der Waals surface area contributed by atoms with E-state index in [0.717, 1.165) is 0 Å². The minimum Gasteiger partial charge on any atom is -0.0622 e. The fourth-order valence-corrected chi connectivity index (χ4v) is 3.51. The standard InChI is InChI=1S/C26H22/c1-19-8-6-7-11-25(19)26-17-16-24(18-20(26)2)23-14-12-22(13-15-23)21-9-4-3-5-10-21/h3-18H,1-2H3. The minimum absolute atomic E-state index is 1.25. The second kappa shape index (κ2) is 7.01. The molecule has 126 valence electrons. The van der Waals surface area contributed by atoms with Crippen molar-refractivity contribution in [1.82, 2.24) is 0 Å². The smallest absolute Gasteiger partial charge is 0.0152 e. The predicted octanol–water partition coefficient (Wildman–Crippen LogP) is 7.30. The van der Waals surface area contributed by atoms with Crippen molar-refractivity contribution in [3.8, 4) is 33.4 Å². The van der Waals surface area contributed by atoms with Gasteiger partial charge < -0.3 is 0 Å². The van der Waals surface area contributed by atoms with Crippen molar-refractivity contribution in [2.75, 3.05) is 0 Å². The first-order chi connectivity index (χ1) is 12.7. The Bertz CT molecular complexity index is 1030. The van der Waals surface area contributed by atoms with Gasteiger partial charge in [-0.3, -0.25) is 0 Å². The molecule has 0 fully saturated rings. The van der Waals surface area contributed by atoms with E-state index in [4.69, 9.17) is 0 Å². The Morgan fingerprint density at radius 2 is 0.885 bits per heavy atom. The summed E-state index contributed by atoms with van der Waals surface area (Å²) in [5.41, 5.74) is 10.3. The van der Waals surface area contributed by atoms with Crippen molar-refractivity contribution < 1.29 is 0 Å². The Kier molecular flexibility index (Phi) is 4.41. The van der Waals surface area contributed by atoms with Crippen molar-refractivity contribution in [3.63, 3.8) is 0 Å². The Morgan fingerprint density at radius 3 is 1.54 bits per heavy atom. The van der Waals surface area contributed by atoms with E-state index in [0.29, 0.717) is 0 Å². The van der Waals surface area contributed by atoms with Crippen LogP contribution in [0.15, 0.2) is 97.1 Å². The monoisotopic (exact) mass is 334 g/mol. The highest BCUT2D eigenvalue weighted by molar-refractivity contribution is 5.76. The quantitative estimate of drug-likeness (QED) is 0.368. The minimum atomic E-state index is 1.25. The number of aryl methyl sites for hydroxylation is 2. The summed E-state index contributed by atoms with van der Waals surface area (Å²) in [7, 11) is 0. The third kappa shape index (κ3) is 3.19. The summed E-state index contributed by atoms with van der Waals surface area (Å²) in [4.78, 5) is 0. The zero-order chi connectivity index (χ0) is 17.9. The van der Waals surface area contributed by atoms with Crippen LogP contribution in [-0.2, 0) is 0 Å². The Hall–Kier alpha value is -3.12. The molecule has 0 heteroatoms. The van der Waals surface area contributed by atoms with Crippen molar-refractivity contribution in [3.05, 3.63) is 108 Å². The summed E-state index contributed by atoms with van der Waals surface area (Å²) in [6.45, 7) is 4.37. The van der Waals surface area contributed by atoms with Crippen molar-refractivity contribution in [1.29, 1.82) is 0 Å². The van der Waals surface area contributed by atoms with Gasteiger partial charge in [-0.15, -0.1) is 0 Å². The topological polar surface area (TPSA) is 0 Å². The highest BCUT2D eigenvalue weighted by atomic mass is 14.1. The summed E-state index contributed by atoms with van der Waals surface area (Å²) in [6, 6.07) is 34.7. The second-order valence-corrected chi connectivity index (χ2v) is 6.79. The van der Waals surface area contributed by atoms with Crippen LogP contribution in [0.5, 0.6) is 0 Å². The Labute approximate surface area is 155 Å². The largest absolute Gasteiger partial charge is 0.0622 e. The molecule has 0 aromatic heterocycles. The van der Waals surface area contributed by atoms with Crippen molar-refractivity contribution in [2.24, 2.45) is 0 Å². The molecule has 4 aromatic rings. The number of benzene rings is 4. The van der Waals surface area contributed by atoms with E-state index in [1.807, 2.05) is 0 Å². The molecule has 4 aromatic carbocycles. The van der Waals surface area contributed by atoms with Crippen LogP contribution in [0.3, 0.4) is 0 Å². The van der Waals surface area contributed by atoms with E-state index in [1.54, 1.807) is 0 Å². The van der Waals surface area contributed by atoms with Crippen LogP contribution in [0.4, 0.5) is 0 Å². The molecule has 0 aliphatic rings. The first kappa shape index (κ1) is 16.4. The number of hydrogen-bond donors (Lipinski definition) is 0. The van der Waals surface area contributed by atoms with Crippen LogP contribution in [0, 0.1) is 13.8 Å². The molecule has 0 saturated carbocycles. The second-order valence-electron chi connectivity index (χ2n) is 6.79. The van der Waals surface area contributed by atoms with Crippen LogP contribution < -0.4 is 0 Å². The van der Waals surface area contributed by atoms with Crippen LogP contribution in [-0.4, -0.2) is 0 Å². The molecule has 0 heterocycles. The van der Waals surface area contributed by atoms with Gasteiger partial charge in [0.2, 0.25) is 0 Å². The third-order valence-electron chi connectivity index (χ3n) is 4.99. The SMILES string of the molecule is Cc1ccccc1-c1ccc(-c2ccc(-c3ccccc3)cc2)cc1C. The first-order valence-electron chi connectivity index (χ1n) is 9.05. The summed E-state index contributed by atoms with van der Waals surface area (Å²) in [5.74, 6) is 0. The van der Waals surface area contributed by atoms with Crippen LogP contribution in [0.25, 0.3) is 33.4 Å². The van der Waals surface area contributed by atoms with Gasteiger partial charge in [0.15, 0.2) is 0 Å². The molecule has 0 amide bonds. The lowest BCUT2D eigenvalue weighted by molar-refractivity contribution is 1.41. The van der Waals surface area contributed by atoms with Gasteiger partial charge in [0, 0.05) is 0 Å². The van der Waals surface area contributed by atoms with Gasteiger partial charge in [-0.25, -0.2) is 0 Å². The molecule has 0 radical (unpaired) electrons. The van der Waals surface area contributed by atoms with Crippen LogP contribution in [0.1, 0.15) is 11.1 Å². The molecule has 0 spiro atoms. The summed E-state index contributed by atoms with van der Waals surface area (Å²) >= 11 is 0. The van der Waals surface area contributed by atoms with Crippen molar-refractivity contribution >= 4 is 0 Å². The first-order valence-corrected chi connectivity index (χ1v) is 9.05. The average Bonchev–Trinajstić information content (AvgIpc) is 2.69. The maximum atomic E-state index is 2.29. The molecule has 4 rings (SSSR count). The molecule has 0 atom stereocenters. The van der Waals surface area contributed by atoms with E-state index < -0.39 is 0 Å². The van der Waals surface area contributed by atoms with Gasteiger partial charge in [0.1, 0.15) is 0 Å². The molecular weight excluding hydrogens is 312 g/mol. The van der Waals surface area contributed by atoms with Gasteiger partial charge in [0.25, 0.3) is 0 Å². The average molecular weight is 334 g/mol. The normalized spacial score (nSPS) is 10.7. The fraction of sp³-hybridized carbons (Fsp3) is 0.0769. The van der Waals surface area contributed by atoms with Crippen LogP contribution in [0.2, 0.25) is 0 Å². The summed E-state index contributed by atoms with van der Waals surface area (Å²) in [5, 5.41) is 0. The zero-order valence-electron chi connectivity index (χ0n) is 15.2. The molecule has 26 heavy (non-hydrogen) atoms. The summed E-state index contributed by atoms with van der Waals surface area (Å²) < 4.78 is 0. The fourth-order valence-electron chi connectivity index (χ4n) is 3.51. The van der Waals surface area contributed by atoms with E-state index in [-0.39, 0.29) is 0 Å². The van der Waals surface area contributed by atoms with Gasteiger partial charge >= 0.3 is 0 Å². The summed E-state index contributed by atoms with van der Waals surface area (Å²) in [6.07, 6.45) is 0. The van der Waals surface area contributed by atoms with Gasteiger partial charge in [-0.05, 0) is 58.4 Å². The number of hydrogen-bond acceptors (Lipinski definition) is 0. The van der Waals surface area contributed by atoms with Crippen molar-refractivity contribution in [2.45, 2.75) is 13.8 Å². The van der Waals surface area contributed by atoms with E-state index >= 15 is 0 Å². The molecule has 0 aliphatic carbocycles. The molecule has 0 bridgehead atoms. The maximum absolute atomic E-state index is 2.29.